The molecule has 0 aliphatic heterocycles. The molecule has 1 nitrogen and oxygen atoms in total. The maximum atomic E-state index is 13.1. The standard InChI is InChI=1S/C11H9BrFNS/c1-2-10-6-15-11(14-10)7-3-8(12)5-9(13)4-7/h3-6H,2H2,1H3. The Kier molecular flexibility index (Phi) is 3.17. The Balaban J connectivity index is 2.44. The number of rotatable bonds is 2. The quantitative estimate of drug-likeness (QED) is 0.803. The lowest BCUT2D eigenvalue weighted by Gasteiger charge is -1.98. The summed E-state index contributed by atoms with van der Waals surface area (Å²) in [4.78, 5) is 4.41. The fraction of sp³-hybridized carbons (Fsp3) is 0.182. The van der Waals surface area contributed by atoms with Gasteiger partial charge >= 0.3 is 0 Å². The van der Waals surface area contributed by atoms with Gasteiger partial charge in [-0.15, -0.1) is 11.3 Å². The molecule has 0 saturated carbocycles. The zero-order valence-corrected chi connectivity index (χ0v) is 10.5. The summed E-state index contributed by atoms with van der Waals surface area (Å²) in [7, 11) is 0. The summed E-state index contributed by atoms with van der Waals surface area (Å²) in [5.41, 5.74) is 1.88. The van der Waals surface area contributed by atoms with Gasteiger partial charge in [0.05, 0.1) is 5.69 Å². The van der Waals surface area contributed by atoms with E-state index in [0.29, 0.717) is 0 Å². The van der Waals surface area contributed by atoms with Crippen molar-refractivity contribution in [2.45, 2.75) is 13.3 Å². The molecular formula is C11H9BrFNS. The first-order valence-electron chi connectivity index (χ1n) is 4.60. The topological polar surface area (TPSA) is 12.9 Å². The van der Waals surface area contributed by atoms with E-state index in [4.69, 9.17) is 0 Å². The van der Waals surface area contributed by atoms with Crippen LogP contribution in [0.1, 0.15) is 12.6 Å². The number of aryl methyl sites for hydroxylation is 1. The molecule has 78 valence electrons. The Morgan fingerprint density at radius 3 is 2.80 bits per heavy atom. The van der Waals surface area contributed by atoms with Gasteiger partial charge in [-0.25, -0.2) is 9.37 Å². The second-order valence-corrected chi connectivity index (χ2v) is 4.93. The molecular weight excluding hydrogens is 277 g/mol. The average molecular weight is 286 g/mol. The summed E-state index contributed by atoms with van der Waals surface area (Å²) >= 11 is 4.82. The van der Waals surface area contributed by atoms with Gasteiger partial charge in [0.25, 0.3) is 0 Å². The SMILES string of the molecule is CCc1csc(-c2cc(F)cc(Br)c2)n1. The fourth-order valence-electron chi connectivity index (χ4n) is 1.28. The van der Waals surface area contributed by atoms with Crippen molar-refractivity contribution in [2.24, 2.45) is 0 Å². The van der Waals surface area contributed by atoms with Crippen LogP contribution < -0.4 is 0 Å². The first kappa shape index (κ1) is 10.8. The summed E-state index contributed by atoms with van der Waals surface area (Å²) in [6.07, 6.45) is 0.910. The number of halogens is 2. The summed E-state index contributed by atoms with van der Waals surface area (Å²) in [5, 5.41) is 2.88. The summed E-state index contributed by atoms with van der Waals surface area (Å²) < 4.78 is 13.9. The minimum atomic E-state index is -0.243. The van der Waals surface area contributed by atoms with Crippen LogP contribution >= 0.6 is 27.3 Å². The highest BCUT2D eigenvalue weighted by Gasteiger charge is 2.06. The van der Waals surface area contributed by atoms with Crippen molar-refractivity contribution >= 4 is 27.3 Å². The first-order chi connectivity index (χ1) is 7.19. The number of nitrogens with zero attached hydrogens (tertiary/aromatic N) is 1. The summed E-state index contributed by atoms with van der Waals surface area (Å²) in [6, 6.07) is 4.82. The minimum Gasteiger partial charge on any atom is -0.241 e. The lowest BCUT2D eigenvalue weighted by Crippen LogP contribution is -1.82. The summed E-state index contributed by atoms with van der Waals surface area (Å²) in [6.45, 7) is 2.06. The molecule has 1 aromatic heterocycles. The largest absolute Gasteiger partial charge is 0.241 e. The number of aromatic nitrogens is 1. The van der Waals surface area contributed by atoms with Gasteiger partial charge in [-0.1, -0.05) is 22.9 Å². The van der Waals surface area contributed by atoms with Crippen molar-refractivity contribution < 1.29 is 4.39 Å². The smallest absolute Gasteiger partial charge is 0.125 e. The Morgan fingerprint density at radius 2 is 2.20 bits per heavy atom. The highest BCUT2D eigenvalue weighted by molar-refractivity contribution is 9.10. The molecule has 0 radical (unpaired) electrons. The van der Waals surface area contributed by atoms with Crippen LogP contribution in [0, 0.1) is 5.82 Å². The molecule has 15 heavy (non-hydrogen) atoms. The van der Waals surface area contributed by atoms with Crippen LogP contribution in [0.5, 0.6) is 0 Å². The predicted molar refractivity (Wildman–Crippen MR) is 64.6 cm³/mol. The molecule has 0 N–H and O–H groups in total. The third-order valence-corrected chi connectivity index (χ3v) is 3.42. The Hall–Kier alpha value is -0.740. The van der Waals surface area contributed by atoms with E-state index < -0.39 is 0 Å². The van der Waals surface area contributed by atoms with Crippen LogP contribution in [-0.2, 0) is 6.42 Å². The van der Waals surface area contributed by atoms with Crippen LogP contribution in [0.4, 0.5) is 4.39 Å². The predicted octanol–water partition coefficient (Wildman–Crippen LogP) is 4.27. The maximum Gasteiger partial charge on any atom is 0.125 e. The van der Waals surface area contributed by atoms with E-state index in [9.17, 15) is 4.39 Å². The Bertz CT molecular complexity index is 461. The minimum absolute atomic E-state index is 0.243. The van der Waals surface area contributed by atoms with E-state index in [1.54, 1.807) is 11.3 Å². The second-order valence-electron chi connectivity index (χ2n) is 3.16. The average Bonchev–Trinajstić information content (AvgIpc) is 2.64. The number of hydrogen-bond donors (Lipinski definition) is 0. The normalized spacial score (nSPS) is 10.6. The third kappa shape index (κ3) is 2.44. The molecule has 2 rings (SSSR count). The zero-order chi connectivity index (χ0) is 10.8. The fourth-order valence-corrected chi connectivity index (χ4v) is 2.64. The van der Waals surface area contributed by atoms with Gasteiger partial charge in [-0.05, 0) is 24.6 Å². The van der Waals surface area contributed by atoms with Crippen molar-refractivity contribution in [1.82, 2.24) is 4.98 Å². The van der Waals surface area contributed by atoms with Crippen LogP contribution in [0.2, 0.25) is 0 Å². The van der Waals surface area contributed by atoms with E-state index in [1.807, 2.05) is 11.4 Å². The van der Waals surface area contributed by atoms with Gasteiger partial charge in [0.1, 0.15) is 10.8 Å². The molecule has 1 heterocycles. The molecule has 0 fully saturated rings. The number of thiazole rings is 1. The van der Waals surface area contributed by atoms with Gasteiger partial charge in [0.2, 0.25) is 0 Å². The third-order valence-electron chi connectivity index (χ3n) is 2.02. The van der Waals surface area contributed by atoms with E-state index in [2.05, 4.69) is 27.8 Å². The van der Waals surface area contributed by atoms with Gasteiger partial charge in [0.15, 0.2) is 0 Å². The van der Waals surface area contributed by atoms with Crippen LogP contribution in [0.15, 0.2) is 28.1 Å². The highest BCUT2D eigenvalue weighted by Crippen LogP contribution is 2.27. The Morgan fingerprint density at radius 1 is 1.40 bits per heavy atom. The molecule has 0 atom stereocenters. The number of hydrogen-bond acceptors (Lipinski definition) is 2. The zero-order valence-electron chi connectivity index (χ0n) is 8.13. The first-order valence-corrected chi connectivity index (χ1v) is 6.27. The van der Waals surface area contributed by atoms with Crippen LogP contribution in [-0.4, -0.2) is 4.98 Å². The molecule has 0 bridgehead atoms. The van der Waals surface area contributed by atoms with E-state index in [-0.39, 0.29) is 5.82 Å². The van der Waals surface area contributed by atoms with Crippen molar-refractivity contribution in [2.75, 3.05) is 0 Å². The van der Waals surface area contributed by atoms with Crippen molar-refractivity contribution in [3.63, 3.8) is 0 Å². The highest BCUT2D eigenvalue weighted by atomic mass is 79.9. The maximum absolute atomic E-state index is 13.1. The Labute approximate surface area is 100 Å². The molecule has 0 amide bonds. The molecule has 0 aliphatic carbocycles. The van der Waals surface area contributed by atoms with E-state index >= 15 is 0 Å². The monoisotopic (exact) mass is 285 g/mol. The molecule has 2 aromatic rings. The van der Waals surface area contributed by atoms with Gasteiger partial charge in [-0.3, -0.25) is 0 Å². The van der Waals surface area contributed by atoms with Crippen molar-refractivity contribution in [3.05, 3.63) is 39.6 Å². The van der Waals surface area contributed by atoms with Gasteiger partial charge in [-0.2, -0.15) is 0 Å². The van der Waals surface area contributed by atoms with Gasteiger partial charge in [0, 0.05) is 15.4 Å². The molecule has 4 heteroatoms. The molecule has 0 aliphatic rings. The van der Waals surface area contributed by atoms with E-state index in [0.717, 1.165) is 27.2 Å². The lowest BCUT2D eigenvalue weighted by molar-refractivity contribution is 0.627. The summed E-state index contributed by atoms with van der Waals surface area (Å²) in [5.74, 6) is -0.243. The van der Waals surface area contributed by atoms with Crippen LogP contribution in [0.3, 0.4) is 0 Å². The van der Waals surface area contributed by atoms with Crippen molar-refractivity contribution in [3.8, 4) is 10.6 Å². The van der Waals surface area contributed by atoms with Crippen LogP contribution in [0.25, 0.3) is 10.6 Å². The molecule has 1 aromatic carbocycles. The molecule has 0 unspecified atom stereocenters. The molecule has 0 spiro atoms. The van der Waals surface area contributed by atoms with Crippen molar-refractivity contribution in [1.29, 1.82) is 0 Å². The van der Waals surface area contributed by atoms with Gasteiger partial charge < -0.3 is 0 Å². The lowest BCUT2D eigenvalue weighted by atomic mass is 10.2. The molecule has 0 saturated heterocycles. The number of benzene rings is 1. The second kappa shape index (κ2) is 4.41. The van der Waals surface area contributed by atoms with E-state index in [1.165, 1.54) is 12.1 Å².